The lowest BCUT2D eigenvalue weighted by molar-refractivity contribution is -0.250. The maximum absolute atomic E-state index is 6.23. The van der Waals surface area contributed by atoms with Crippen LogP contribution in [0.4, 0.5) is 0 Å². The van der Waals surface area contributed by atoms with E-state index < -0.39 is 5.79 Å². The Balaban J connectivity index is 2.10. The molecule has 6 heteroatoms. The predicted molar refractivity (Wildman–Crippen MR) is 101 cm³/mol. The molecule has 0 unspecified atom stereocenters. The predicted octanol–water partition coefficient (Wildman–Crippen LogP) is 3.68. The van der Waals surface area contributed by atoms with E-state index >= 15 is 0 Å². The third-order valence-electron chi connectivity index (χ3n) is 4.65. The molecule has 1 fully saturated rings. The van der Waals surface area contributed by atoms with Crippen LogP contribution in [-0.4, -0.2) is 41.7 Å². The molecule has 146 valence electrons. The van der Waals surface area contributed by atoms with E-state index in [0.717, 1.165) is 17.6 Å². The number of hydrogen-bond acceptors (Lipinski definition) is 6. The fourth-order valence-corrected chi connectivity index (χ4v) is 3.31. The molecule has 1 aliphatic heterocycles. The normalized spacial score (nSPS) is 19.2. The van der Waals surface area contributed by atoms with E-state index in [9.17, 15) is 0 Å². The lowest BCUT2D eigenvalue weighted by Crippen LogP contribution is -2.39. The van der Waals surface area contributed by atoms with Crippen LogP contribution in [0.2, 0.25) is 0 Å². The van der Waals surface area contributed by atoms with E-state index in [-0.39, 0.29) is 0 Å². The number of allylic oxidation sites excluding steroid dienone is 2. The summed E-state index contributed by atoms with van der Waals surface area (Å²) in [6.07, 6.45) is 7.44. The highest BCUT2D eigenvalue weighted by atomic mass is 16.7. The van der Waals surface area contributed by atoms with Crippen LogP contribution in [0.1, 0.15) is 18.4 Å². The summed E-state index contributed by atoms with van der Waals surface area (Å²) in [6.45, 7) is 1.18. The second kappa shape index (κ2) is 8.50. The van der Waals surface area contributed by atoms with Gasteiger partial charge in [-0.3, -0.25) is 0 Å². The summed E-state index contributed by atoms with van der Waals surface area (Å²) in [5.41, 5.74) is 1.69. The third kappa shape index (κ3) is 3.68. The molecule has 1 aliphatic carbocycles. The molecular formula is C21H26O6. The Bertz CT molecular complexity index is 756. The summed E-state index contributed by atoms with van der Waals surface area (Å²) in [4.78, 5) is 0. The first-order valence-electron chi connectivity index (χ1n) is 8.89. The van der Waals surface area contributed by atoms with Gasteiger partial charge in [0.05, 0.1) is 41.7 Å². The van der Waals surface area contributed by atoms with Gasteiger partial charge in [0.1, 0.15) is 0 Å². The molecule has 3 rings (SSSR count). The summed E-state index contributed by atoms with van der Waals surface area (Å²) in [5, 5.41) is 0. The fourth-order valence-electron chi connectivity index (χ4n) is 3.31. The third-order valence-corrected chi connectivity index (χ3v) is 4.65. The highest BCUT2D eigenvalue weighted by Crippen LogP contribution is 2.43. The van der Waals surface area contributed by atoms with Crippen molar-refractivity contribution in [3.8, 4) is 11.5 Å². The summed E-state index contributed by atoms with van der Waals surface area (Å²) in [6, 6.07) is 5.68. The van der Waals surface area contributed by atoms with Crippen LogP contribution in [0, 0.1) is 0 Å². The van der Waals surface area contributed by atoms with Gasteiger partial charge in [-0.2, -0.15) is 0 Å². The molecule has 0 bridgehead atoms. The number of hydrogen-bond donors (Lipinski definition) is 0. The molecule has 1 aromatic rings. The van der Waals surface area contributed by atoms with Crippen molar-refractivity contribution in [2.75, 3.05) is 41.7 Å². The maximum atomic E-state index is 6.23. The second-order valence-electron chi connectivity index (χ2n) is 6.12. The zero-order valence-corrected chi connectivity index (χ0v) is 16.2. The topological polar surface area (TPSA) is 55.4 Å². The van der Waals surface area contributed by atoms with Gasteiger partial charge in [-0.1, -0.05) is 6.08 Å². The molecule has 0 N–H and O–H groups in total. The molecule has 1 heterocycles. The Morgan fingerprint density at radius 1 is 0.815 bits per heavy atom. The van der Waals surface area contributed by atoms with Crippen LogP contribution >= 0.6 is 0 Å². The Kier molecular flexibility index (Phi) is 6.08. The van der Waals surface area contributed by atoms with Crippen molar-refractivity contribution in [1.29, 1.82) is 0 Å². The first kappa shape index (κ1) is 19.3. The summed E-state index contributed by atoms with van der Waals surface area (Å²) in [5.74, 6) is 1.53. The molecule has 0 saturated carbocycles. The van der Waals surface area contributed by atoms with Crippen LogP contribution in [0.5, 0.6) is 11.5 Å². The van der Waals surface area contributed by atoms with Crippen molar-refractivity contribution in [3.63, 3.8) is 0 Å². The van der Waals surface area contributed by atoms with Crippen LogP contribution < -0.4 is 9.47 Å². The van der Waals surface area contributed by atoms with Crippen LogP contribution in [0.25, 0.3) is 0 Å². The van der Waals surface area contributed by atoms with Gasteiger partial charge in [-0.25, -0.2) is 0 Å². The zero-order chi connectivity index (χ0) is 19.3. The highest BCUT2D eigenvalue weighted by Gasteiger charge is 2.41. The van der Waals surface area contributed by atoms with Gasteiger partial charge in [-0.05, 0) is 43.2 Å². The van der Waals surface area contributed by atoms with Crippen molar-refractivity contribution in [2.45, 2.75) is 18.6 Å². The van der Waals surface area contributed by atoms with E-state index in [2.05, 4.69) is 6.08 Å². The smallest absolute Gasteiger partial charge is 0.222 e. The quantitative estimate of drug-likeness (QED) is 0.757. The first-order chi connectivity index (χ1) is 13.2. The van der Waals surface area contributed by atoms with Gasteiger partial charge < -0.3 is 28.4 Å². The van der Waals surface area contributed by atoms with Gasteiger partial charge in [0, 0.05) is 11.1 Å². The molecule has 0 radical (unpaired) electrons. The van der Waals surface area contributed by atoms with Crippen molar-refractivity contribution in [1.82, 2.24) is 0 Å². The zero-order valence-electron chi connectivity index (χ0n) is 16.2. The average Bonchev–Trinajstić information content (AvgIpc) is 2.96. The monoisotopic (exact) mass is 374 g/mol. The fraction of sp³-hybridized carbons (Fsp3) is 0.429. The van der Waals surface area contributed by atoms with E-state index in [1.54, 1.807) is 28.4 Å². The lowest BCUT2D eigenvalue weighted by Gasteiger charge is -2.39. The number of benzene rings is 1. The Hall–Kier alpha value is -2.44. The van der Waals surface area contributed by atoms with Crippen molar-refractivity contribution >= 4 is 0 Å². The first-order valence-corrected chi connectivity index (χ1v) is 8.89. The average molecular weight is 374 g/mol. The Labute approximate surface area is 160 Å². The van der Waals surface area contributed by atoms with E-state index in [0.29, 0.717) is 42.7 Å². The van der Waals surface area contributed by atoms with Gasteiger partial charge in [-0.15, -0.1) is 0 Å². The van der Waals surface area contributed by atoms with E-state index in [4.69, 9.17) is 28.4 Å². The molecule has 0 spiro atoms. The number of ether oxygens (including phenoxy) is 6. The highest BCUT2D eigenvalue weighted by molar-refractivity contribution is 5.49. The second-order valence-corrected chi connectivity index (χ2v) is 6.12. The van der Waals surface area contributed by atoms with Gasteiger partial charge >= 0.3 is 0 Å². The minimum Gasteiger partial charge on any atom is -0.493 e. The lowest BCUT2D eigenvalue weighted by atomic mass is 9.94. The minimum atomic E-state index is -1.04. The maximum Gasteiger partial charge on any atom is 0.222 e. The molecule has 0 aromatic heterocycles. The van der Waals surface area contributed by atoms with Crippen molar-refractivity contribution in [3.05, 3.63) is 59.1 Å². The molecule has 1 saturated heterocycles. The largest absolute Gasteiger partial charge is 0.493 e. The Morgan fingerprint density at radius 2 is 1.52 bits per heavy atom. The van der Waals surface area contributed by atoms with Crippen molar-refractivity contribution in [2.24, 2.45) is 0 Å². The van der Waals surface area contributed by atoms with Gasteiger partial charge in [0.25, 0.3) is 0 Å². The Morgan fingerprint density at radius 3 is 2.15 bits per heavy atom. The van der Waals surface area contributed by atoms with Gasteiger partial charge in [0.2, 0.25) is 5.79 Å². The summed E-state index contributed by atoms with van der Waals surface area (Å²) < 4.78 is 34.3. The molecule has 0 atom stereocenters. The standard InChI is InChI=1S/C21H26O6/c1-22-17-8-5-7-15(13-19(17)24-3)21(26-11-6-12-27-21)16-9-10-18(23-2)20(14-16)25-4/h7-10,13-14H,5-6,11-12H2,1-4H3. The molecule has 0 amide bonds. The van der Waals surface area contributed by atoms with Crippen molar-refractivity contribution < 1.29 is 28.4 Å². The van der Waals surface area contributed by atoms with Crippen LogP contribution in [0.15, 0.2) is 53.5 Å². The molecule has 6 nitrogen and oxygen atoms in total. The number of rotatable bonds is 6. The molecule has 2 aliphatic rings. The molecular weight excluding hydrogens is 348 g/mol. The van der Waals surface area contributed by atoms with E-state index in [1.165, 1.54) is 0 Å². The molecule has 1 aromatic carbocycles. The number of methoxy groups -OCH3 is 4. The summed E-state index contributed by atoms with van der Waals surface area (Å²) in [7, 11) is 6.47. The van der Waals surface area contributed by atoms with E-state index in [1.807, 2.05) is 30.4 Å². The van der Waals surface area contributed by atoms with Gasteiger partial charge in [0.15, 0.2) is 23.0 Å². The molecule has 27 heavy (non-hydrogen) atoms. The minimum absolute atomic E-state index is 0.590. The SMILES string of the molecule is COC1=CCC=C(C2(c3ccc(OC)c(OC)c3)OCCCO2)C=C1OC. The van der Waals surface area contributed by atoms with Crippen LogP contribution in [-0.2, 0) is 24.7 Å². The van der Waals surface area contributed by atoms with Crippen LogP contribution in [0.3, 0.4) is 0 Å². The summed E-state index contributed by atoms with van der Waals surface area (Å²) >= 11 is 0.